The first-order chi connectivity index (χ1) is 14.0. The number of carboxylic acid groups (broad SMARTS) is 5. The first-order valence-corrected chi connectivity index (χ1v) is 8.90. The van der Waals surface area contributed by atoms with Gasteiger partial charge in [-0.1, -0.05) is 0 Å². The van der Waals surface area contributed by atoms with Gasteiger partial charge in [-0.05, 0) is 6.42 Å². The Kier molecular flexibility index (Phi) is 9.58. The van der Waals surface area contributed by atoms with Crippen molar-refractivity contribution in [3.8, 4) is 0 Å². The van der Waals surface area contributed by atoms with Gasteiger partial charge < -0.3 is 30.6 Å². The van der Waals surface area contributed by atoms with E-state index in [9.17, 15) is 39.3 Å². The summed E-state index contributed by atoms with van der Waals surface area (Å²) in [5.41, 5.74) is 0. The largest absolute Gasteiger partial charge is 0.480 e. The molecule has 0 spiro atoms. The number of aliphatic hydroxyl groups excluding tert-OH is 1. The summed E-state index contributed by atoms with van der Waals surface area (Å²) < 4.78 is 0. The van der Waals surface area contributed by atoms with Gasteiger partial charge in [0.2, 0.25) is 0 Å². The van der Waals surface area contributed by atoms with Crippen LogP contribution in [0.2, 0.25) is 0 Å². The van der Waals surface area contributed by atoms with Crippen LogP contribution in [0.25, 0.3) is 0 Å². The van der Waals surface area contributed by atoms with Crippen LogP contribution >= 0.6 is 0 Å². The zero-order valence-corrected chi connectivity index (χ0v) is 16.0. The van der Waals surface area contributed by atoms with Gasteiger partial charge in [0.1, 0.15) is 12.1 Å². The summed E-state index contributed by atoms with van der Waals surface area (Å²) in [6.45, 7) is -3.13. The fraction of sp³-hybridized carbons (Fsp3) is 0.688. The Hall–Kier alpha value is -2.81. The van der Waals surface area contributed by atoms with E-state index in [-0.39, 0.29) is 26.1 Å². The third-order valence-electron chi connectivity index (χ3n) is 4.72. The second-order valence-corrected chi connectivity index (χ2v) is 6.84. The second-order valence-electron chi connectivity index (χ2n) is 6.84. The molecule has 1 saturated heterocycles. The molecule has 0 amide bonds. The van der Waals surface area contributed by atoms with Crippen LogP contribution in [-0.4, -0.2) is 139 Å². The van der Waals surface area contributed by atoms with Crippen LogP contribution in [0, 0.1) is 0 Å². The van der Waals surface area contributed by atoms with E-state index < -0.39 is 74.2 Å². The highest BCUT2D eigenvalue weighted by atomic mass is 16.4. The van der Waals surface area contributed by atoms with Crippen molar-refractivity contribution in [2.45, 2.75) is 24.5 Å². The first-order valence-electron chi connectivity index (χ1n) is 8.90. The van der Waals surface area contributed by atoms with E-state index in [1.54, 1.807) is 0 Å². The fourth-order valence-corrected chi connectivity index (χ4v) is 3.50. The van der Waals surface area contributed by atoms with Gasteiger partial charge in [-0.25, -0.2) is 0 Å². The van der Waals surface area contributed by atoms with Crippen LogP contribution in [0.5, 0.6) is 0 Å². The second kappa shape index (κ2) is 11.4. The lowest BCUT2D eigenvalue weighted by atomic mass is 10.1. The lowest BCUT2D eigenvalue weighted by molar-refractivity contribution is -0.147. The summed E-state index contributed by atoms with van der Waals surface area (Å²) in [4.78, 5) is 59.4. The molecule has 1 heterocycles. The smallest absolute Gasteiger partial charge is 0.323 e. The summed E-state index contributed by atoms with van der Waals surface area (Å²) in [6, 6.07) is -3.42. The van der Waals surface area contributed by atoms with Crippen molar-refractivity contribution in [2.75, 3.05) is 45.9 Å². The van der Waals surface area contributed by atoms with Crippen molar-refractivity contribution >= 4 is 29.8 Å². The minimum Gasteiger partial charge on any atom is -0.480 e. The Bertz CT molecular complexity index is 655. The van der Waals surface area contributed by atoms with E-state index in [1.807, 2.05) is 0 Å². The summed E-state index contributed by atoms with van der Waals surface area (Å²) in [5, 5.41) is 55.1. The van der Waals surface area contributed by atoms with E-state index in [0.29, 0.717) is 0 Å². The number of hydrogen-bond acceptors (Lipinski definition) is 9. The molecule has 0 radical (unpaired) electrons. The van der Waals surface area contributed by atoms with E-state index in [2.05, 4.69) is 0 Å². The van der Waals surface area contributed by atoms with Crippen LogP contribution < -0.4 is 0 Å². The monoisotopic (exact) mass is 435 g/mol. The number of nitrogens with zero attached hydrogens (tertiary/aromatic N) is 3. The van der Waals surface area contributed by atoms with Crippen molar-refractivity contribution in [1.82, 2.24) is 14.7 Å². The molecular formula is C16H25N3O11. The quantitative estimate of drug-likeness (QED) is 0.159. The minimum absolute atomic E-state index is 0.106. The number of aliphatic carboxylic acids is 5. The maximum absolute atomic E-state index is 11.6. The zero-order chi connectivity index (χ0) is 23.0. The summed E-state index contributed by atoms with van der Waals surface area (Å²) in [7, 11) is 0. The van der Waals surface area contributed by atoms with E-state index in [1.165, 1.54) is 4.90 Å². The maximum Gasteiger partial charge on any atom is 0.323 e. The first kappa shape index (κ1) is 25.2. The van der Waals surface area contributed by atoms with Crippen LogP contribution in [0.3, 0.4) is 0 Å². The Morgan fingerprint density at radius 3 is 1.87 bits per heavy atom. The molecule has 1 aliphatic heterocycles. The lowest BCUT2D eigenvalue weighted by Gasteiger charge is -2.34. The van der Waals surface area contributed by atoms with Gasteiger partial charge in [0.15, 0.2) is 0 Å². The van der Waals surface area contributed by atoms with Crippen molar-refractivity contribution in [2.24, 2.45) is 0 Å². The predicted molar refractivity (Wildman–Crippen MR) is 96.0 cm³/mol. The highest BCUT2D eigenvalue weighted by Crippen LogP contribution is 2.24. The van der Waals surface area contributed by atoms with Crippen molar-refractivity contribution in [3.63, 3.8) is 0 Å². The molecule has 0 aliphatic carbocycles. The molecule has 1 fully saturated rings. The molecule has 0 aromatic carbocycles. The topological polar surface area (TPSA) is 216 Å². The van der Waals surface area contributed by atoms with Crippen molar-refractivity contribution in [1.29, 1.82) is 0 Å². The summed E-state index contributed by atoms with van der Waals surface area (Å²) >= 11 is 0. The summed E-state index contributed by atoms with van der Waals surface area (Å²) in [6.07, 6.45) is -0.121. The molecule has 3 atom stereocenters. The van der Waals surface area contributed by atoms with Crippen LogP contribution in [0.1, 0.15) is 6.42 Å². The molecule has 0 saturated carbocycles. The van der Waals surface area contributed by atoms with Gasteiger partial charge in [-0.2, -0.15) is 0 Å². The van der Waals surface area contributed by atoms with E-state index >= 15 is 0 Å². The summed E-state index contributed by atoms with van der Waals surface area (Å²) in [5.74, 6) is -6.55. The standard InChI is InChI=1S/C16H25N3O11/c20-8-11(16(29)30)19(2-1-17(5-12(21)22)6-13(23)24)9-3-10(15(27)28)18(4-9)7-14(25)26/h9-11,20H,1-8H2,(H,21,22)(H,23,24)(H,25,26)(H,27,28)(H,29,30)/t9-,10-,11+/m0/s1. The molecule has 1 rings (SSSR count). The Labute approximate surface area is 170 Å². The zero-order valence-electron chi connectivity index (χ0n) is 16.0. The van der Waals surface area contributed by atoms with Gasteiger partial charge in [0, 0.05) is 25.7 Å². The van der Waals surface area contributed by atoms with Crippen LogP contribution in [0.15, 0.2) is 0 Å². The molecule has 14 heteroatoms. The van der Waals surface area contributed by atoms with Crippen molar-refractivity contribution in [3.05, 3.63) is 0 Å². The molecule has 1 aliphatic rings. The van der Waals surface area contributed by atoms with Crippen LogP contribution in [-0.2, 0) is 24.0 Å². The number of carbonyl (C=O) groups is 5. The molecule has 0 bridgehead atoms. The SMILES string of the molecule is O=C(O)CN(CCN([C@H]1C[C@@H](C(=O)O)N(CC(=O)O)C1)[C@H](CO)C(=O)O)CC(=O)O. The molecule has 14 nitrogen and oxygen atoms in total. The Morgan fingerprint density at radius 2 is 1.47 bits per heavy atom. The molecule has 30 heavy (non-hydrogen) atoms. The minimum atomic E-state index is -1.47. The van der Waals surface area contributed by atoms with Gasteiger partial charge in [0.25, 0.3) is 0 Å². The number of carboxylic acids is 5. The maximum atomic E-state index is 11.6. The number of rotatable bonds is 14. The number of aliphatic hydroxyl groups is 1. The third kappa shape index (κ3) is 7.55. The van der Waals surface area contributed by atoms with Gasteiger partial charge >= 0.3 is 29.8 Å². The highest BCUT2D eigenvalue weighted by Gasteiger charge is 2.43. The molecule has 170 valence electrons. The number of hydrogen-bond donors (Lipinski definition) is 6. The molecule has 0 unspecified atom stereocenters. The molecular weight excluding hydrogens is 410 g/mol. The van der Waals surface area contributed by atoms with Crippen molar-refractivity contribution < 1.29 is 54.6 Å². The predicted octanol–water partition coefficient (Wildman–Crippen LogP) is -3.18. The van der Waals surface area contributed by atoms with Gasteiger partial charge in [-0.15, -0.1) is 0 Å². The molecule has 6 N–H and O–H groups in total. The average molecular weight is 435 g/mol. The van der Waals surface area contributed by atoms with Gasteiger partial charge in [0.05, 0.1) is 26.2 Å². The third-order valence-corrected chi connectivity index (χ3v) is 4.72. The van der Waals surface area contributed by atoms with Crippen LogP contribution in [0.4, 0.5) is 0 Å². The molecule has 0 aromatic heterocycles. The normalized spacial score (nSPS) is 20.4. The lowest BCUT2D eigenvalue weighted by Crippen LogP contribution is -2.53. The van der Waals surface area contributed by atoms with Gasteiger partial charge in [-0.3, -0.25) is 38.7 Å². The molecule has 0 aromatic rings. The Morgan fingerprint density at radius 1 is 0.900 bits per heavy atom. The fourth-order valence-electron chi connectivity index (χ4n) is 3.50. The van der Waals surface area contributed by atoms with E-state index in [4.69, 9.17) is 15.3 Å². The number of likely N-dealkylation sites (tertiary alicyclic amines) is 1. The average Bonchev–Trinajstić information content (AvgIpc) is 2.99. The highest BCUT2D eigenvalue weighted by molar-refractivity contribution is 5.77. The van der Waals surface area contributed by atoms with E-state index in [0.717, 1.165) is 9.80 Å². The Balaban J connectivity index is 3.06.